The van der Waals surface area contributed by atoms with Crippen LogP contribution in [0.2, 0.25) is 0 Å². The van der Waals surface area contributed by atoms with Gasteiger partial charge in [0, 0.05) is 13.0 Å². The van der Waals surface area contributed by atoms with Gasteiger partial charge in [0.2, 0.25) is 5.91 Å². The third kappa shape index (κ3) is 2.82. The summed E-state index contributed by atoms with van der Waals surface area (Å²) in [6, 6.07) is 9.80. The van der Waals surface area contributed by atoms with Gasteiger partial charge >= 0.3 is 0 Å². The van der Waals surface area contributed by atoms with Crippen LogP contribution >= 0.6 is 0 Å². The van der Waals surface area contributed by atoms with Gasteiger partial charge < -0.3 is 10.2 Å². The lowest BCUT2D eigenvalue weighted by Crippen LogP contribution is -2.34. The molecule has 1 aromatic heterocycles. The molecule has 1 saturated carbocycles. The van der Waals surface area contributed by atoms with E-state index in [0.717, 1.165) is 43.7 Å². The fourth-order valence-corrected chi connectivity index (χ4v) is 3.81. The van der Waals surface area contributed by atoms with Crippen molar-refractivity contribution in [3.63, 3.8) is 0 Å². The number of nitrogens with zero attached hydrogens (tertiary/aromatic N) is 4. The molecule has 6 nitrogen and oxygen atoms in total. The summed E-state index contributed by atoms with van der Waals surface area (Å²) in [6.07, 6.45) is 5.04. The third-order valence-corrected chi connectivity index (χ3v) is 5.39. The van der Waals surface area contributed by atoms with E-state index in [0.29, 0.717) is 6.54 Å². The molecule has 1 N–H and O–H groups in total. The van der Waals surface area contributed by atoms with Crippen molar-refractivity contribution in [2.24, 2.45) is 11.3 Å². The lowest BCUT2D eigenvalue weighted by molar-refractivity contribution is -0.132. The predicted molar refractivity (Wildman–Crippen MR) is 90.5 cm³/mol. The van der Waals surface area contributed by atoms with Gasteiger partial charge in [-0.3, -0.25) is 4.79 Å². The van der Waals surface area contributed by atoms with E-state index in [9.17, 15) is 4.79 Å². The van der Waals surface area contributed by atoms with Crippen molar-refractivity contribution in [1.29, 1.82) is 0 Å². The van der Waals surface area contributed by atoms with E-state index in [2.05, 4.69) is 15.5 Å². The molecule has 126 valence electrons. The summed E-state index contributed by atoms with van der Waals surface area (Å²) >= 11 is 0. The zero-order valence-corrected chi connectivity index (χ0v) is 14.0. The fourth-order valence-electron chi connectivity index (χ4n) is 3.81. The number of hydrogen-bond acceptors (Lipinski definition) is 4. The molecule has 0 bridgehead atoms. The summed E-state index contributed by atoms with van der Waals surface area (Å²) in [5.41, 5.74) is 2.02. The lowest BCUT2D eigenvalue weighted by atomic mass is 9.91. The minimum atomic E-state index is 0.203. The normalized spacial score (nSPS) is 21.6. The zero-order chi connectivity index (χ0) is 16.6. The maximum atomic E-state index is 12.7. The van der Waals surface area contributed by atoms with E-state index < -0.39 is 0 Å². The van der Waals surface area contributed by atoms with Crippen LogP contribution in [0.3, 0.4) is 0 Å². The van der Waals surface area contributed by atoms with E-state index in [1.165, 1.54) is 0 Å². The van der Waals surface area contributed by atoms with E-state index in [4.69, 9.17) is 0 Å². The molecule has 6 heteroatoms. The van der Waals surface area contributed by atoms with Gasteiger partial charge in [-0.15, -0.1) is 0 Å². The Morgan fingerprint density at radius 1 is 1.33 bits per heavy atom. The smallest absolute Gasteiger partial charge is 0.226 e. The van der Waals surface area contributed by atoms with Crippen LogP contribution in [0.5, 0.6) is 0 Å². The first-order valence-corrected chi connectivity index (χ1v) is 8.60. The summed E-state index contributed by atoms with van der Waals surface area (Å²) in [7, 11) is 1.87. The van der Waals surface area contributed by atoms with Crippen LogP contribution in [0.1, 0.15) is 25.0 Å². The van der Waals surface area contributed by atoms with Crippen LogP contribution in [0.25, 0.3) is 5.69 Å². The summed E-state index contributed by atoms with van der Waals surface area (Å²) in [5.74, 6) is 0.458. The molecule has 24 heavy (non-hydrogen) atoms. The van der Waals surface area contributed by atoms with Crippen LogP contribution in [-0.2, 0) is 11.3 Å². The highest BCUT2D eigenvalue weighted by atomic mass is 16.2. The van der Waals surface area contributed by atoms with Crippen LogP contribution in [0.4, 0.5) is 0 Å². The quantitative estimate of drug-likeness (QED) is 0.928. The third-order valence-electron chi connectivity index (χ3n) is 5.39. The Morgan fingerprint density at radius 3 is 2.83 bits per heavy atom. The van der Waals surface area contributed by atoms with E-state index in [-0.39, 0.29) is 17.2 Å². The van der Waals surface area contributed by atoms with Crippen LogP contribution in [0.15, 0.2) is 36.5 Å². The highest BCUT2D eigenvalue weighted by Crippen LogP contribution is 2.59. The molecular formula is C18H23N5O. The number of aromatic nitrogens is 3. The van der Waals surface area contributed by atoms with Gasteiger partial charge in [-0.1, -0.05) is 18.2 Å². The molecule has 2 aliphatic rings. The number of carbonyl (C=O) groups is 1. The van der Waals surface area contributed by atoms with Gasteiger partial charge in [0.1, 0.15) is 5.69 Å². The van der Waals surface area contributed by atoms with Crippen molar-refractivity contribution in [2.45, 2.75) is 25.8 Å². The van der Waals surface area contributed by atoms with E-state index in [1.807, 2.05) is 37.4 Å². The van der Waals surface area contributed by atoms with Gasteiger partial charge in [0.05, 0.1) is 18.4 Å². The van der Waals surface area contributed by atoms with E-state index in [1.54, 1.807) is 15.9 Å². The van der Waals surface area contributed by atoms with Crippen LogP contribution in [-0.4, -0.2) is 45.9 Å². The second-order valence-electron chi connectivity index (χ2n) is 7.02. The Hall–Kier alpha value is -2.21. The molecule has 4 rings (SSSR count). The molecule has 1 atom stereocenters. The van der Waals surface area contributed by atoms with Gasteiger partial charge in [-0.2, -0.15) is 15.0 Å². The van der Waals surface area contributed by atoms with Gasteiger partial charge in [0.15, 0.2) is 0 Å². The van der Waals surface area contributed by atoms with Crippen molar-refractivity contribution in [1.82, 2.24) is 25.2 Å². The monoisotopic (exact) mass is 325 g/mol. The van der Waals surface area contributed by atoms with Gasteiger partial charge in [-0.05, 0) is 49.9 Å². The van der Waals surface area contributed by atoms with E-state index >= 15 is 0 Å². The Morgan fingerprint density at radius 2 is 2.08 bits per heavy atom. The predicted octanol–water partition coefficient (Wildman–Crippen LogP) is 1.62. The standard InChI is InChI=1S/C18H23N5O/c1-22(17(24)16-11-18(16)7-9-19-10-8-18)13-14-12-20-23(21-14)15-5-3-2-4-6-15/h2-6,12,16,19H,7-11,13H2,1H3. The minimum absolute atomic E-state index is 0.203. The zero-order valence-electron chi connectivity index (χ0n) is 14.0. The maximum Gasteiger partial charge on any atom is 0.226 e. The second-order valence-corrected chi connectivity index (χ2v) is 7.02. The van der Waals surface area contributed by atoms with Crippen molar-refractivity contribution < 1.29 is 4.79 Å². The molecule has 1 saturated heterocycles. The van der Waals surface area contributed by atoms with Gasteiger partial charge in [0.25, 0.3) is 0 Å². The molecular weight excluding hydrogens is 302 g/mol. The summed E-state index contributed by atoms with van der Waals surface area (Å²) in [5, 5.41) is 12.2. The molecule has 2 heterocycles. The number of para-hydroxylation sites is 1. The first-order chi connectivity index (χ1) is 11.7. The number of rotatable bonds is 4. The number of nitrogens with one attached hydrogen (secondary N) is 1. The van der Waals surface area contributed by atoms with Crippen LogP contribution in [0, 0.1) is 11.3 Å². The summed E-state index contributed by atoms with van der Waals surface area (Å²) in [6.45, 7) is 2.59. The molecule has 0 radical (unpaired) electrons. The number of carbonyl (C=O) groups excluding carboxylic acids is 1. The Bertz CT molecular complexity index is 720. The summed E-state index contributed by atoms with van der Waals surface area (Å²) in [4.78, 5) is 16.1. The number of hydrogen-bond donors (Lipinski definition) is 1. The minimum Gasteiger partial charge on any atom is -0.339 e. The van der Waals surface area contributed by atoms with Crippen molar-refractivity contribution in [3.8, 4) is 5.69 Å². The van der Waals surface area contributed by atoms with Crippen molar-refractivity contribution in [2.75, 3.05) is 20.1 Å². The summed E-state index contributed by atoms with van der Waals surface area (Å²) < 4.78 is 0. The first kappa shape index (κ1) is 15.3. The average molecular weight is 325 g/mol. The molecule has 1 aliphatic carbocycles. The highest BCUT2D eigenvalue weighted by molar-refractivity contribution is 5.82. The number of amides is 1. The largest absolute Gasteiger partial charge is 0.339 e. The molecule has 1 amide bonds. The molecule has 1 aromatic carbocycles. The van der Waals surface area contributed by atoms with Gasteiger partial charge in [-0.25, -0.2) is 0 Å². The topological polar surface area (TPSA) is 63.1 Å². The van der Waals surface area contributed by atoms with Crippen LogP contribution < -0.4 is 5.32 Å². The molecule has 2 fully saturated rings. The van der Waals surface area contributed by atoms with Crippen molar-refractivity contribution in [3.05, 3.63) is 42.2 Å². The molecule has 1 unspecified atom stereocenters. The first-order valence-electron chi connectivity index (χ1n) is 8.60. The molecule has 1 spiro atoms. The fraction of sp³-hybridized carbons (Fsp3) is 0.500. The molecule has 2 aromatic rings. The molecule has 1 aliphatic heterocycles. The average Bonchev–Trinajstić information content (AvgIpc) is 3.09. The SMILES string of the molecule is CN(Cc1cnn(-c2ccccc2)n1)C(=O)C1CC12CCNCC2. The number of benzene rings is 1. The Labute approximate surface area is 141 Å². The Balaban J connectivity index is 1.39. The maximum absolute atomic E-state index is 12.7. The number of piperidine rings is 1. The Kier molecular flexibility index (Phi) is 3.84. The second kappa shape index (κ2) is 6.02. The highest BCUT2D eigenvalue weighted by Gasteiger charge is 2.58. The lowest BCUT2D eigenvalue weighted by Gasteiger charge is -2.24. The van der Waals surface area contributed by atoms with Crippen molar-refractivity contribution >= 4 is 5.91 Å².